The molecule has 160 valence electrons. The minimum absolute atomic E-state index is 0.0354. The molecular weight excluding hydrogens is 376 g/mol. The zero-order valence-corrected chi connectivity index (χ0v) is 17.5. The van der Waals surface area contributed by atoms with E-state index in [2.05, 4.69) is 20.5 Å². The lowest BCUT2D eigenvalue weighted by Gasteiger charge is -2.23. The van der Waals surface area contributed by atoms with E-state index in [1.807, 2.05) is 39.0 Å². The first kappa shape index (κ1) is 20.9. The number of hydrogen-bond acceptors (Lipinski definition) is 6. The van der Waals surface area contributed by atoms with Crippen molar-refractivity contribution in [3.63, 3.8) is 0 Å². The van der Waals surface area contributed by atoms with E-state index < -0.39 is 5.60 Å². The van der Waals surface area contributed by atoms with E-state index in [9.17, 15) is 4.79 Å². The molecule has 29 heavy (non-hydrogen) atoms. The van der Waals surface area contributed by atoms with Gasteiger partial charge in [0.1, 0.15) is 18.0 Å². The number of hydrogen-bond donors (Lipinski definition) is 2. The highest BCUT2D eigenvalue weighted by atomic mass is 16.7. The summed E-state index contributed by atoms with van der Waals surface area (Å²) >= 11 is 0. The van der Waals surface area contributed by atoms with Crippen LogP contribution < -0.4 is 24.8 Å². The van der Waals surface area contributed by atoms with Gasteiger partial charge >= 0.3 is 6.09 Å². The van der Waals surface area contributed by atoms with E-state index >= 15 is 0 Å². The summed E-state index contributed by atoms with van der Waals surface area (Å²) in [6.45, 7) is 8.37. The molecule has 0 saturated carbocycles. The zero-order valence-electron chi connectivity index (χ0n) is 17.5. The van der Waals surface area contributed by atoms with Crippen LogP contribution in [-0.2, 0) is 4.74 Å². The molecule has 9 nitrogen and oxygen atoms in total. The van der Waals surface area contributed by atoms with Crippen LogP contribution in [0.25, 0.3) is 0 Å². The predicted octanol–water partition coefficient (Wildman–Crippen LogP) is 1.97. The monoisotopic (exact) mass is 406 g/mol. The van der Waals surface area contributed by atoms with Crippen molar-refractivity contribution in [2.45, 2.75) is 38.8 Å². The average molecular weight is 406 g/mol. The first-order chi connectivity index (χ1) is 13.8. The predicted molar refractivity (Wildman–Crippen MR) is 109 cm³/mol. The molecule has 2 N–H and O–H groups in total. The van der Waals surface area contributed by atoms with Crippen LogP contribution in [0.3, 0.4) is 0 Å². The van der Waals surface area contributed by atoms with Gasteiger partial charge < -0.3 is 34.5 Å². The van der Waals surface area contributed by atoms with Gasteiger partial charge in [-0.1, -0.05) is 0 Å². The zero-order chi connectivity index (χ0) is 20.9. The van der Waals surface area contributed by atoms with Gasteiger partial charge in [0.05, 0.1) is 12.6 Å². The largest absolute Gasteiger partial charge is 0.492 e. The molecule has 0 aliphatic carbocycles. The van der Waals surface area contributed by atoms with Crippen molar-refractivity contribution in [3.05, 3.63) is 18.2 Å². The molecule has 1 fully saturated rings. The highest BCUT2D eigenvalue weighted by Gasteiger charge is 2.27. The number of benzene rings is 1. The summed E-state index contributed by atoms with van der Waals surface area (Å²) in [6.07, 6.45) is 0.456. The van der Waals surface area contributed by atoms with E-state index in [-0.39, 0.29) is 18.9 Å². The number of ether oxygens (including phenoxy) is 4. The van der Waals surface area contributed by atoms with Crippen LogP contribution in [0.15, 0.2) is 23.2 Å². The molecule has 0 aromatic heterocycles. The van der Waals surface area contributed by atoms with Gasteiger partial charge in [-0.2, -0.15) is 0 Å². The number of rotatable bonds is 5. The van der Waals surface area contributed by atoms with E-state index in [4.69, 9.17) is 18.9 Å². The maximum absolute atomic E-state index is 11.9. The van der Waals surface area contributed by atoms with Crippen molar-refractivity contribution in [2.75, 3.05) is 40.1 Å². The third-order valence-corrected chi connectivity index (χ3v) is 4.42. The van der Waals surface area contributed by atoms with E-state index in [0.29, 0.717) is 25.4 Å². The summed E-state index contributed by atoms with van der Waals surface area (Å²) in [5.74, 6) is 2.95. The van der Waals surface area contributed by atoms with Gasteiger partial charge in [-0.15, -0.1) is 0 Å². The standard InChI is InChI=1S/C20H30N4O5/c1-20(2,3)29-19(25)23-14-7-9-24(12-14)18(21-4)22-8-10-26-15-5-6-16-17(11-15)28-13-27-16/h5-6,11,14H,7-10,12-13H2,1-4H3,(H,21,22)(H,23,25). The van der Waals surface area contributed by atoms with E-state index in [0.717, 1.165) is 30.4 Å². The van der Waals surface area contributed by atoms with Crippen LogP contribution in [0, 0.1) is 0 Å². The highest BCUT2D eigenvalue weighted by molar-refractivity contribution is 5.80. The number of amides is 1. The van der Waals surface area contributed by atoms with Crippen LogP contribution in [0.1, 0.15) is 27.2 Å². The normalized spacial score (nSPS) is 18.6. The first-order valence-corrected chi connectivity index (χ1v) is 9.81. The number of fused-ring (bicyclic) bond motifs is 1. The third kappa shape index (κ3) is 6.07. The minimum atomic E-state index is -0.502. The summed E-state index contributed by atoms with van der Waals surface area (Å²) in [6, 6.07) is 5.56. The fraction of sp³-hybridized carbons (Fsp3) is 0.600. The number of nitrogens with one attached hydrogen (secondary N) is 2. The SMILES string of the molecule is CN=C(NCCOc1ccc2c(c1)OCO2)N1CCC(NC(=O)OC(C)(C)C)C1. The van der Waals surface area contributed by atoms with Crippen LogP contribution >= 0.6 is 0 Å². The molecule has 2 heterocycles. The average Bonchev–Trinajstić information content (AvgIpc) is 3.29. The van der Waals surface area contributed by atoms with Crippen molar-refractivity contribution in [2.24, 2.45) is 4.99 Å². The number of carbonyl (C=O) groups is 1. The Balaban J connectivity index is 1.39. The summed E-state index contributed by atoms with van der Waals surface area (Å²) in [4.78, 5) is 18.4. The molecule has 0 spiro atoms. The molecule has 9 heteroatoms. The number of guanidine groups is 1. The first-order valence-electron chi connectivity index (χ1n) is 9.81. The Morgan fingerprint density at radius 3 is 2.86 bits per heavy atom. The molecular formula is C20H30N4O5. The Bertz CT molecular complexity index is 747. The van der Waals surface area contributed by atoms with Crippen LogP contribution in [0.2, 0.25) is 0 Å². The second-order valence-electron chi connectivity index (χ2n) is 7.92. The van der Waals surface area contributed by atoms with Crippen molar-refractivity contribution in [1.29, 1.82) is 0 Å². The summed E-state index contributed by atoms with van der Waals surface area (Å²) in [5, 5.41) is 6.22. The highest BCUT2D eigenvalue weighted by Crippen LogP contribution is 2.34. The molecule has 0 bridgehead atoms. The van der Waals surface area contributed by atoms with Gasteiger partial charge in [-0.05, 0) is 39.3 Å². The van der Waals surface area contributed by atoms with Gasteiger partial charge in [-0.25, -0.2) is 4.79 Å². The fourth-order valence-electron chi connectivity index (χ4n) is 3.18. The molecule has 1 atom stereocenters. The molecule has 3 rings (SSSR count). The topological polar surface area (TPSA) is 93.7 Å². The third-order valence-electron chi connectivity index (χ3n) is 4.42. The molecule has 1 amide bonds. The smallest absolute Gasteiger partial charge is 0.407 e. The van der Waals surface area contributed by atoms with Crippen LogP contribution in [-0.4, -0.2) is 68.7 Å². The molecule has 1 saturated heterocycles. The summed E-state index contributed by atoms with van der Waals surface area (Å²) in [7, 11) is 1.75. The molecule has 1 aromatic rings. The minimum Gasteiger partial charge on any atom is -0.492 e. The van der Waals surface area contributed by atoms with Gasteiger partial charge in [0.15, 0.2) is 17.5 Å². The maximum atomic E-state index is 11.9. The second-order valence-corrected chi connectivity index (χ2v) is 7.92. The van der Waals surface area contributed by atoms with Gasteiger partial charge in [-0.3, -0.25) is 4.99 Å². The van der Waals surface area contributed by atoms with Crippen LogP contribution in [0.4, 0.5) is 4.79 Å². The Kier molecular flexibility index (Phi) is 6.56. The van der Waals surface area contributed by atoms with Gasteiger partial charge in [0, 0.05) is 26.2 Å². The number of nitrogens with zero attached hydrogens (tertiary/aromatic N) is 2. The Morgan fingerprint density at radius 2 is 2.10 bits per heavy atom. The molecule has 2 aliphatic heterocycles. The van der Waals surface area contributed by atoms with Crippen molar-refractivity contribution >= 4 is 12.1 Å². The number of alkyl carbamates (subject to hydrolysis) is 1. The number of likely N-dealkylation sites (tertiary alicyclic amines) is 1. The Morgan fingerprint density at radius 1 is 1.31 bits per heavy atom. The van der Waals surface area contributed by atoms with E-state index in [1.54, 1.807) is 7.05 Å². The fourth-order valence-corrected chi connectivity index (χ4v) is 3.18. The molecule has 0 radical (unpaired) electrons. The van der Waals surface area contributed by atoms with Gasteiger partial charge in [0.2, 0.25) is 6.79 Å². The Labute approximate surface area is 171 Å². The summed E-state index contributed by atoms with van der Waals surface area (Å²) in [5.41, 5.74) is -0.502. The van der Waals surface area contributed by atoms with Crippen molar-refractivity contribution < 1.29 is 23.7 Å². The lowest BCUT2D eigenvalue weighted by Crippen LogP contribution is -2.44. The summed E-state index contributed by atoms with van der Waals surface area (Å²) < 4.78 is 21.7. The van der Waals surface area contributed by atoms with Crippen molar-refractivity contribution in [3.8, 4) is 17.2 Å². The number of carbonyl (C=O) groups excluding carboxylic acids is 1. The lowest BCUT2D eigenvalue weighted by molar-refractivity contribution is 0.0507. The number of aliphatic imine (C=N–C) groups is 1. The molecule has 2 aliphatic rings. The maximum Gasteiger partial charge on any atom is 0.407 e. The second kappa shape index (κ2) is 9.11. The van der Waals surface area contributed by atoms with Gasteiger partial charge in [0.25, 0.3) is 0 Å². The van der Waals surface area contributed by atoms with Crippen molar-refractivity contribution in [1.82, 2.24) is 15.5 Å². The Hall–Kier alpha value is -2.84. The van der Waals surface area contributed by atoms with Crippen LogP contribution in [0.5, 0.6) is 17.2 Å². The lowest BCUT2D eigenvalue weighted by atomic mass is 10.2. The molecule has 1 aromatic carbocycles. The van der Waals surface area contributed by atoms with E-state index in [1.165, 1.54) is 0 Å². The quantitative estimate of drug-likeness (QED) is 0.439. The molecule has 1 unspecified atom stereocenters.